The Morgan fingerprint density at radius 3 is 2.44 bits per heavy atom. The molecule has 18 heavy (non-hydrogen) atoms. The summed E-state index contributed by atoms with van der Waals surface area (Å²) in [5.41, 5.74) is 1.04. The summed E-state index contributed by atoms with van der Waals surface area (Å²) < 4.78 is 26.7. The Morgan fingerprint density at radius 1 is 1.33 bits per heavy atom. The molecule has 0 bridgehead atoms. The molecule has 1 aliphatic rings. The number of rotatable bonds is 6. The molecule has 1 aromatic rings. The van der Waals surface area contributed by atoms with Gasteiger partial charge in [0.25, 0.3) is 0 Å². The minimum absolute atomic E-state index is 0.101. The van der Waals surface area contributed by atoms with Gasteiger partial charge in [0.15, 0.2) is 0 Å². The van der Waals surface area contributed by atoms with E-state index in [4.69, 9.17) is 5.11 Å². The average molecular weight is 269 g/mol. The second-order valence-corrected chi connectivity index (χ2v) is 6.63. The van der Waals surface area contributed by atoms with E-state index >= 15 is 0 Å². The fourth-order valence-electron chi connectivity index (χ4n) is 1.87. The topological polar surface area (TPSA) is 66.4 Å². The summed E-state index contributed by atoms with van der Waals surface area (Å²) >= 11 is 0. The van der Waals surface area contributed by atoms with Crippen molar-refractivity contribution in [2.45, 2.75) is 37.1 Å². The van der Waals surface area contributed by atoms with Crippen LogP contribution in [0.3, 0.4) is 0 Å². The van der Waals surface area contributed by atoms with Gasteiger partial charge in [-0.2, -0.15) is 0 Å². The molecule has 0 heterocycles. The molecule has 0 radical (unpaired) electrons. The van der Waals surface area contributed by atoms with Crippen LogP contribution in [-0.4, -0.2) is 26.2 Å². The third kappa shape index (κ3) is 3.31. The number of hydrogen-bond acceptors (Lipinski definition) is 3. The van der Waals surface area contributed by atoms with Gasteiger partial charge in [0.05, 0.1) is 4.90 Å². The molecule has 2 atom stereocenters. The molecular weight excluding hydrogens is 250 g/mol. The van der Waals surface area contributed by atoms with E-state index in [-0.39, 0.29) is 12.6 Å². The summed E-state index contributed by atoms with van der Waals surface area (Å²) in [5.74, 6) is 0.448. The van der Waals surface area contributed by atoms with Crippen LogP contribution in [0.2, 0.25) is 0 Å². The van der Waals surface area contributed by atoms with E-state index < -0.39 is 10.0 Å². The Bertz CT molecular complexity index is 495. The van der Waals surface area contributed by atoms with Crippen molar-refractivity contribution in [1.82, 2.24) is 4.72 Å². The zero-order valence-corrected chi connectivity index (χ0v) is 11.3. The third-order valence-corrected chi connectivity index (χ3v) is 4.78. The van der Waals surface area contributed by atoms with E-state index in [1.807, 2.05) is 6.92 Å². The molecule has 1 aliphatic carbocycles. The number of sulfonamides is 1. The lowest BCUT2D eigenvalue weighted by atomic mass is 10.1. The maximum Gasteiger partial charge on any atom is 0.240 e. The molecule has 2 N–H and O–H groups in total. The van der Waals surface area contributed by atoms with Gasteiger partial charge in [0.1, 0.15) is 0 Å². The zero-order chi connectivity index (χ0) is 13.2. The van der Waals surface area contributed by atoms with E-state index in [1.165, 1.54) is 0 Å². The zero-order valence-electron chi connectivity index (χ0n) is 10.5. The van der Waals surface area contributed by atoms with Crippen molar-refractivity contribution in [2.24, 2.45) is 5.92 Å². The third-order valence-electron chi connectivity index (χ3n) is 3.27. The molecule has 0 amide bonds. The van der Waals surface area contributed by atoms with E-state index in [0.29, 0.717) is 17.2 Å². The second kappa shape index (κ2) is 5.38. The highest BCUT2D eigenvalue weighted by Crippen LogP contribution is 2.30. The number of aryl methyl sites for hydroxylation is 1. The average Bonchev–Trinajstić information content (AvgIpc) is 3.02. The second-order valence-electron chi connectivity index (χ2n) is 4.91. The van der Waals surface area contributed by atoms with Gasteiger partial charge in [-0.3, -0.25) is 0 Å². The molecule has 4 nitrogen and oxygen atoms in total. The minimum Gasteiger partial charge on any atom is -0.396 e. The molecule has 0 saturated heterocycles. The number of benzene rings is 1. The molecule has 1 fully saturated rings. The quantitative estimate of drug-likeness (QED) is 0.818. The van der Waals surface area contributed by atoms with Crippen LogP contribution < -0.4 is 4.72 Å². The maximum absolute atomic E-state index is 12.0. The van der Waals surface area contributed by atoms with Crippen molar-refractivity contribution in [2.75, 3.05) is 6.61 Å². The van der Waals surface area contributed by atoms with Gasteiger partial charge in [-0.05, 0) is 42.9 Å². The lowest BCUT2D eigenvalue weighted by molar-refractivity contribution is 0.288. The van der Waals surface area contributed by atoms with Gasteiger partial charge < -0.3 is 5.11 Å². The predicted molar refractivity (Wildman–Crippen MR) is 69.7 cm³/mol. The molecule has 0 aromatic heterocycles. The first-order valence-corrected chi connectivity index (χ1v) is 7.73. The van der Waals surface area contributed by atoms with Crippen molar-refractivity contribution >= 4 is 10.0 Å². The maximum atomic E-state index is 12.0. The number of aliphatic hydroxyl groups is 1. The first kappa shape index (κ1) is 13.5. The van der Waals surface area contributed by atoms with Crippen LogP contribution in [0, 0.1) is 5.92 Å². The van der Waals surface area contributed by atoms with Gasteiger partial charge in [-0.1, -0.05) is 19.1 Å². The first-order chi connectivity index (χ1) is 8.53. The highest BCUT2D eigenvalue weighted by Gasteiger charge is 2.36. The van der Waals surface area contributed by atoms with E-state index in [0.717, 1.165) is 18.4 Å². The fraction of sp³-hybridized carbons (Fsp3) is 0.538. The highest BCUT2D eigenvalue weighted by molar-refractivity contribution is 7.89. The van der Waals surface area contributed by atoms with Crippen LogP contribution in [-0.2, 0) is 16.4 Å². The lowest BCUT2D eigenvalue weighted by Gasteiger charge is -2.07. The number of nitrogens with one attached hydrogen (secondary N) is 1. The molecule has 100 valence electrons. The minimum atomic E-state index is -3.37. The summed E-state index contributed by atoms with van der Waals surface area (Å²) in [5, 5.41) is 8.74. The number of aliphatic hydroxyl groups excluding tert-OH is 1. The largest absolute Gasteiger partial charge is 0.396 e. The van der Waals surface area contributed by atoms with Crippen LogP contribution in [0.25, 0.3) is 0 Å². The Labute approximate surface area is 108 Å². The lowest BCUT2D eigenvalue weighted by Crippen LogP contribution is -2.26. The van der Waals surface area contributed by atoms with E-state index in [2.05, 4.69) is 4.72 Å². The highest BCUT2D eigenvalue weighted by atomic mass is 32.2. The molecule has 2 rings (SSSR count). The molecular formula is C13H19NO3S. The molecule has 1 aromatic carbocycles. The molecule has 0 spiro atoms. The molecule has 1 saturated carbocycles. The summed E-state index contributed by atoms with van der Waals surface area (Å²) in [7, 11) is -3.37. The van der Waals surface area contributed by atoms with Gasteiger partial charge in [-0.15, -0.1) is 0 Å². The summed E-state index contributed by atoms with van der Waals surface area (Å²) in [6, 6.07) is 6.97. The Kier molecular flexibility index (Phi) is 4.04. The molecule has 0 aliphatic heterocycles. The van der Waals surface area contributed by atoms with Crippen LogP contribution in [0.1, 0.15) is 25.3 Å². The SMILES string of the molecule is CC1CC1NS(=O)(=O)c1ccc(CCCO)cc1. The standard InChI is InChI=1S/C13H19NO3S/c1-10-9-13(10)14-18(16,17)12-6-4-11(5-7-12)3-2-8-15/h4-7,10,13-15H,2-3,8-9H2,1H3. The fourth-order valence-corrected chi connectivity index (χ4v) is 3.23. The van der Waals surface area contributed by atoms with Gasteiger partial charge in [-0.25, -0.2) is 13.1 Å². The summed E-state index contributed by atoms with van der Waals surface area (Å²) in [6.07, 6.45) is 2.39. The van der Waals surface area contributed by atoms with Crippen molar-refractivity contribution in [3.63, 3.8) is 0 Å². The van der Waals surface area contributed by atoms with Crippen molar-refractivity contribution < 1.29 is 13.5 Å². The van der Waals surface area contributed by atoms with Crippen molar-refractivity contribution in [1.29, 1.82) is 0 Å². The predicted octanol–water partition coefficient (Wildman–Crippen LogP) is 1.30. The molecule has 5 heteroatoms. The van der Waals surface area contributed by atoms with Crippen molar-refractivity contribution in [3.05, 3.63) is 29.8 Å². The summed E-state index contributed by atoms with van der Waals surface area (Å²) in [6.45, 7) is 2.19. The first-order valence-electron chi connectivity index (χ1n) is 6.25. The van der Waals surface area contributed by atoms with Crippen LogP contribution in [0.4, 0.5) is 0 Å². The van der Waals surface area contributed by atoms with E-state index in [1.54, 1.807) is 24.3 Å². The van der Waals surface area contributed by atoms with Crippen LogP contribution in [0.15, 0.2) is 29.2 Å². The Balaban J connectivity index is 2.03. The van der Waals surface area contributed by atoms with Gasteiger partial charge in [0.2, 0.25) is 10.0 Å². The van der Waals surface area contributed by atoms with Crippen molar-refractivity contribution in [3.8, 4) is 0 Å². The molecule has 2 unspecified atom stereocenters. The van der Waals surface area contributed by atoms with Crippen LogP contribution in [0.5, 0.6) is 0 Å². The van der Waals surface area contributed by atoms with E-state index in [9.17, 15) is 8.42 Å². The van der Waals surface area contributed by atoms with Crippen LogP contribution >= 0.6 is 0 Å². The Morgan fingerprint density at radius 2 is 1.94 bits per heavy atom. The smallest absolute Gasteiger partial charge is 0.240 e. The normalized spacial score (nSPS) is 23.0. The monoisotopic (exact) mass is 269 g/mol. The Hall–Kier alpha value is -0.910. The van der Waals surface area contributed by atoms with Gasteiger partial charge in [0, 0.05) is 12.6 Å². The summed E-state index contributed by atoms with van der Waals surface area (Å²) in [4.78, 5) is 0.314. The van der Waals surface area contributed by atoms with Gasteiger partial charge >= 0.3 is 0 Å². The number of hydrogen-bond donors (Lipinski definition) is 2.